The molecular formula is C17H24N2O5S. The fourth-order valence-corrected chi connectivity index (χ4v) is 4.23. The molecule has 8 heteroatoms. The summed E-state index contributed by atoms with van der Waals surface area (Å²) >= 11 is 0. The summed E-state index contributed by atoms with van der Waals surface area (Å²) in [5, 5.41) is 11.5. The highest BCUT2D eigenvalue weighted by Gasteiger charge is 2.27. The van der Waals surface area contributed by atoms with Crippen LogP contribution in [0.4, 0.5) is 0 Å². The minimum Gasteiger partial charge on any atom is -0.481 e. The van der Waals surface area contributed by atoms with Gasteiger partial charge >= 0.3 is 5.97 Å². The first-order valence-electron chi connectivity index (χ1n) is 8.26. The number of nitrogens with one attached hydrogen (secondary N) is 1. The largest absolute Gasteiger partial charge is 0.481 e. The number of carboxylic acid groups (broad SMARTS) is 1. The second-order valence-electron chi connectivity index (χ2n) is 6.87. The van der Waals surface area contributed by atoms with E-state index < -0.39 is 21.5 Å². The molecule has 0 radical (unpaired) electrons. The lowest BCUT2D eigenvalue weighted by Gasteiger charge is -2.25. The number of sulfonamides is 1. The van der Waals surface area contributed by atoms with Gasteiger partial charge in [-0.2, -0.15) is 4.31 Å². The molecule has 1 aliphatic heterocycles. The summed E-state index contributed by atoms with van der Waals surface area (Å²) in [5.74, 6) is -1.28. The molecule has 2 N–H and O–H groups in total. The van der Waals surface area contributed by atoms with Crippen molar-refractivity contribution in [2.45, 2.75) is 50.0 Å². The minimum absolute atomic E-state index is 0.0414. The van der Waals surface area contributed by atoms with Gasteiger partial charge in [0.2, 0.25) is 10.0 Å². The van der Waals surface area contributed by atoms with E-state index in [4.69, 9.17) is 5.11 Å². The summed E-state index contributed by atoms with van der Waals surface area (Å²) in [7, 11) is -3.50. The molecule has 0 atom stereocenters. The third-order valence-electron chi connectivity index (χ3n) is 4.24. The number of carbonyl (C=O) groups excluding carboxylic acids is 1. The zero-order valence-electron chi connectivity index (χ0n) is 14.5. The van der Waals surface area contributed by atoms with E-state index in [1.807, 2.05) is 0 Å². The van der Waals surface area contributed by atoms with Crippen LogP contribution >= 0.6 is 0 Å². The molecule has 0 bridgehead atoms. The summed E-state index contributed by atoms with van der Waals surface area (Å²) in [6, 6.07) is 5.83. The second-order valence-corrected chi connectivity index (χ2v) is 8.81. The number of rotatable bonds is 7. The van der Waals surface area contributed by atoms with Crippen LogP contribution in [0.2, 0.25) is 0 Å². The molecule has 1 aromatic rings. The van der Waals surface area contributed by atoms with Gasteiger partial charge in [-0.1, -0.05) is 0 Å². The number of amides is 1. The Labute approximate surface area is 148 Å². The molecule has 0 aliphatic carbocycles. The monoisotopic (exact) mass is 368 g/mol. The van der Waals surface area contributed by atoms with Gasteiger partial charge in [0.15, 0.2) is 0 Å². The summed E-state index contributed by atoms with van der Waals surface area (Å²) in [5.41, 5.74) is -0.334. The maximum atomic E-state index is 12.5. The number of carbonyl (C=O) groups is 2. The van der Waals surface area contributed by atoms with Gasteiger partial charge < -0.3 is 10.4 Å². The highest BCUT2D eigenvalue weighted by atomic mass is 32.2. The van der Waals surface area contributed by atoms with Crippen LogP contribution < -0.4 is 5.32 Å². The van der Waals surface area contributed by atoms with Gasteiger partial charge in [-0.3, -0.25) is 9.59 Å². The van der Waals surface area contributed by atoms with Crippen LogP contribution in [0.3, 0.4) is 0 Å². The molecule has 0 saturated carbocycles. The number of carboxylic acids is 1. The van der Waals surface area contributed by atoms with Crippen molar-refractivity contribution in [1.82, 2.24) is 9.62 Å². The van der Waals surface area contributed by atoms with E-state index in [2.05, 4.69) is 5.32 Å². The maximum absolute atomic E-state index is 12.5. The van der Waals surface area contributed by atoms with Crippen LogP contribution in [0.15, 0.2) is 29.2 Å². The Balaban J connectivity index is 2.06. The van der Waals surface area contributed by atoms with Gasteiger partial charge in [0.1, 0.15) is 0 Å². The van der Waals surface area contributed by atoms with Crippen molar-refractivity contribution in [3.05, 3.63) is 29.8 Å². The lowest BCUT2D eigenvalue weighted by molar-refractivity contribution is -0.137. The molecule has 1 amide bonds. The minimum atomic E-state index is -3.50. The summed E-state index contributed by atoms with van der Waals surface area (Å²) in [6.45, 7) is 4.56. The van der Waals surface area contributed by atoms with Crippen LogP contribution in [-0.4, -0.2) is 48.3 Å². The van der Waals surface area contributed by atoms with E-state index in [1.165, 1.54) is 28.6 Å². The van der Waals surface area contributed by atoms with Crippen LogP contribution in [0.1, 0.15) is 49.9 Å². The van der Waals surface area contributed by atoms with E-state index in [-0.39, 0.29) is 17.2 Å². The Morgan fingerprint density at radius 2 is 1.72 bits per heavy atom. The zero-order valence-corrected chi connectivity index (χ0v) is 15.3. The molecule has 1 heterocycles. The average Bonchev–Trinajstić information content (AvgIpc) is 3.08. The van der Waals surface area contributed by atoms with Crippen molar-refractivity contribution in [2.24, 2.45) is 0 Å². The molecule has 2 rings (SSSR count). The van der Waals surface area contributed by atoms with Crippen molar-refractivity contribution in [2.75, 3.05) is 13.1 Å². The third-order valence-corrected chi connectivity index (χ3v) is 6.15. The lowest BCUT2D eigenvalue weighted by atomic mass is 9.98. The van der Waals surface area contributed by atoms with Crippen molar-refractivity contribution < 1.29 is 23.1 Å². The summed E-state index contributed by atoms with van der Waals surface area (Å²) in [4.78, 5) is 23.1. The van der Waals surface area contributed by atoms with Gasteiger partial charge in [-0.25, -0.2) is 8.42 Å². The number of nitrogens with zero attached hydrogens (tertiary/aromatic N) is 1. The normalized spacial score (nSPS) is 15.9. The first kappa shape index (κ1) is 19.4. The molecule has 25 heavy (non-hydrogen) atoms. The standard InChI is InChI=1S/C17H24N2O5S/c1-17(2,10-9-15(20)21)18-16(22)13-5-7-14(8-6-13)25(23,24)19-11-3-4-12-19/h5-8H,3-4,9-12H2,1-2H3,(H,18,22)(H,20,21). The molecule has 138 valence electrons. The first-order valence-corrected chi connectivity index (χ1v) is 9.70. The topological polar surface area (TPSA) is 104 Å². The Hall–Kier alpha value is -1.93. The van der Waals surface area contributed by atoms with Gasteiger partial charge in [0.25, 0.3) is 5.91 Å². The molecule has 1 aliphatic rings. The van der Waals surface area contributed by atoms with E-state index in [0.29, 0.717) is 25.1 Å². The molecule has 1 saturated heterocycles. The predicted octanol–water partition coefficient (Wildman–Crippen LogP) is 1.84. The fourth-order valence-electron chi connectivity index (χ4n) is 2.72. The molecule has 0 aromatic heterocycles. The Bertz CT molecular complexity index is 735. The Morgan fingerprint density at radius 1 is 1.16 bits per heavy atom. The van der Waals surface area contributed by atoms with E-state index >= 15 is 0 Å². The second kappa shape index (κ2) is 7.53. The van der Waals surface area contributed by atoms with Crippen LogP contribution in [-0.2, 0) is 14.8 Å². The molecular weight excluding hydrogens is 344 g/mol. The van der Waals surface area contributed by atoms with Crippen molar-refractivity contribution >= 4 is 21.9 Å². The molecule has 0 unspecified atom stereocenters. The van der Waals surface area contributed by atoms with Crippen LogP contribution in [0, 0.1) is 0 Å². The number of hydrogen-bond donors (Lipinski definition) is 2. The summed E-state index contributed by atoms with van der Waals surface area (Å²) < 4.78 is 26.4. The fraction of sp³-hybridized carbons (Fsp3) is 0.529. The number of benzene rings is 1. The molecule has 1 aromatic carbocycles. The van der Waals surface area contributed by atoms with Gasteiger partial charge in [-0.05, 0) is 57.4 Å². The smallest absolute Gasteiger partial charge is 0.303 e. The third kappa shape index (κ3) is 5.02. The zero-order chi connectivity index (χ0) is 18.7. The first-order chi connectivity index (χ1) is 11.6. The molecule has 7 nitrogen and oxygen atoms in total. The number of hydrogen-bond acceptors (Lipinski definition) is 4. The van der Waals surface area contributed by atoms with Gasteiger partial charge in [0, 0.05) is 30.6 Å². The predicted molar refractivity (Wildman–Crippen MR) is 92.8 cm³/mol. The highest BCUT2D eigenvalue weighted by Crippen LogP contribution is 2.21. The van der Waals surface area contributed by atoms with Crippen molar-refractivity contribution in [1.29, 1.82) is 0 Å². The van der Waals surface area contributed by atoms with Crippen LogP contribution in [0.25, 0.3) is 0 Å². The molecule has 0 spiro atoms. The Kier molecular flexibility index (Phi) is 5.84. The van der Waals surface area contributed by atoms with E-state index in [1.54, 1.807) is 13.8 Å². The van der Waals surface area contributed by atoms with Crippen LogP contribution in [0.5, 0.6) is 0 Å². The van der Waals surface area contributed by atoms with Gasteiger partial charge in [0.05, 0.1) is 4.90 Å². The van der Waals surface area contributed by atoms with E-state index in [0.717, 1.165) is 12.8 Å². The SMILES string of the molecule is CC(C)(CCC(=O)O)NC(=O)c1ccc(S(=O)(=O)N2CCCC2)cc1. The quantitative estimate of drug-likeness (QED) is 0.764. The Morgan fingerprint density at radius 3 is 2.24 bits per heavy atom. The van der Waals surface area contributed by atoms with Crippen molar-refractivity contribution in [3.8, 4) is 0 Å². The lowest BCUT2D eigenvalue weighted by Crippen LogP contribution is -2.43. The van der Waals surface area contributed by atoms with Gasteiger partial charge in [-0.15, -0.1) is 0 Å². The number of aliphatic carboxylic acids is 1. The summed E-state index contributed by atoms with van der Waals surface area (Å²) in [6.07, 6.45) is 1.99. The molecule has 1 fully saturated rings. The average molecular weight is 368 g/mol. The maximum Gasteiger partial charge on any atom is 0.303 e. The highest BCUT2D eigenvalue weighted by molar-refractivity contribution is 7.89. The van der Waals surface area contributed by atoms with Crippen molar-refractivity contribution in [3.63, 3.8) is 0 Å². The van der Waals surface area contributed by atoms with E-state index in [9.17, 15) is 18.0 Å².